The molecule has 1 aromatic heterocycles. The Morgan fingerprint density at radius 2 is 2.39 bits per heavy atom. The number of aromatic nitrogens is 1. The van der Waals surface area contributed by atoms with Crippen molar-refractivity contribution in [2.24, 2.45) is 0 Å². The Bertz CT molecular complexity index is 451. The fourth-order valence-electron chi connectivity index (χ4n) is 1.64. The summed E-state index contributed by atoms with van der Waals surface area (Å²) in [7, 11) is 2.03. The zero-order valence-electron chi connectivity index (χ0n) is 10.0. The van der Waals surface area contributed by atoms with Crippen LogP contribution in [0.1, 0.15) is 12.8 Å². The first-order valence-corrected chi connectivity index (χ1v) is 6.50. The highest BCUT2D eigenvalue weighted by atomic mass is 79.9. The van der Waals surface area contributed by atoms with Gasteiger partial charge in [-0.15, -0.1) is 0 Å². The molecule has 1 aliphatic carbocycles. The normalized spacial score (nSPS) is 14.8. The number of nitro groups is 1. The van der Waals surface area contributed by atoms with Gasteiger partial charge in [-0.05, 0) is 35.8 Å². The number of ether oxygens (including phenoxy) is 1. The number of likely N-dealkylation sites (N-methyl/N-ethyl adjacent to an activating group) is 1. The molecule has 1 aromatic rings. The van der Waals surface area contributed by atoms with Gasteiger partial charge < -0.3 is 9.64 Å². The molecule has 0 amide bonds. The summed E-state index contributed by atoms with van der Waals surface area (Å²) < 4.78 is 5.95. The molecule has 18 heavy (non-hydrogen) atoms. The van der Waals surface area contributed by atoms with Crippen LogP contribution in [-0.2, 0) is 0 Å². The molecular weight excluding hydrogens is 302 g/mol. The molecule has 98 valence electrons. The molecule has 0 N–H and O–H groups in total. The lowest BCUT2D eigenvalue weighted by molar-refractivity contribution is -0.386. The van der Waals surface area contributed by atoms with Crippen molar-refractivity contribution >= 4 is 21.6 Å². The summed E-state index contributed by atoms with van der Waals surface area (Å²) in [6.45, 7) is 1.15. The highest BCUT2D eigenvalue weighted by molar-refractivity contribution is 9.10. The van der Waals surface area contributed by atoms with Crippen molar-refractivity contribution in [3.63, 3.8) is 0 Å². The van der Waals surface area contributed by atoms with E-state index in [1.54, 1.807) is 0 Å². The second kappa shape index (κ2) is 5.62. The molecular formula is C11H14BrN3O3. The Balaban J connectivity index is 1.93. The van der Waals surface area contributed by atoms with Crippen LogP contribution in [0.3, 0.4) is 0 Å². The van der Waals surface area contributed by atoms with Crippen LogP contribution in [0, 0.1) is 10.1 Å². The van der Waals surface area contributed by atoms with E-state index in [2.05, 4.69) is 25.8 Å². The van der Waals surface area contributed by atoms with Gasteiger partial charge in [0.1, 0.15) is 6.61 Å². The number of nitrogens with zero attached hydrogens (tertiary/aromatic N) is 3. The number of halogens is 1. The fraction of sp³-hybridized carbons (Fsp3) is 0.545. The molecule has 1 saturated carbocycles. The van der Waals surface area contributed by atoms with Crippen molar-refractivity contribution in [2.75, 3.05) is 20.2 Å². The Kier molecular flexibility index (Phi) is 4.13. The summed E-state index contributed by atoms with van der Waals surface area (Å²) in [6.07, 6.45) is 3.95. The Morgan fingerprint density at radius 3 is 3.00 bits per heavy atom. The smallest absolute Gasteiger partial charge is 0.332 e. The van der Waals surface area contributed by atoms with E-state index in [4.69, 9.17) is 4.74 Å². The van der Waals surface area contributed by atoms with Crippen LogP contribution in [0.2, 0.25) is 0 Å². The van der Waals surface area contributed by atoms with Gasteiger partial charge in [0.05, 0.1) is 4.92 Å². The van der Waals surface area contributed by atoms with Crippen LogP contribution in [0.25, 0.3) is 0 Å². The standard InChI is InChI=1S/C11H14BrN3O3/c1-14(9-2-3-9)4-5-18-11-10(15(16)17)6-8(12)7-13-11/h6-7,9H,2-5H2,1H3. The van der Waals surface area contributed by atoms with E-state index < -0.39 is 4.92 Å². The van der Waals surface area contributed by atoms with Gasteiger partial charge in [0, 0.05) is 29.3 Å². The van der Waals surface area contributed by atoms with Gasteiger partial charge in [-0.25, -0.2) is 4.98 Å². The summed E-state index contributed by atoms with van der Waals surface area (Å²) in [5.41, 5.74) is -0.113. The van der Waals surface area contributed by atoms with Crippen LogP contribution in [-0.4, -0.2) is 41.0 Å². The predicted molar refractivity (Wildman–Crippen MR) is 69.7 cm³/mol. The predicted octanol–water partition coefficient (Wildman–Crippen LogP) is 2.23. The molecule has 0 aromatic carbocycles. The number of hydrogen-bond acceptors (Lipinski definition) is 5. The third kappa shape index (κ3) is 3.39. The van der Waals surface area contributed by atoms with Gasteiger partial charge >= 0.3 is 5.69 Å². The van der Waals surface area contributed by atoms with E-state index in [1.807, 2.05) is 7.05 Å². The number of rotatable bonds is 6. The van der Waals surface area contributed by atoms with Gasteiger partial charge in [-0.2, -0.15) is 0 Å². The molecule has 0 spiro atoms. The summed E-state index contributed by atoms with van der Waals surface area (Å²) in [5, 5.41) is 10.8. The summed E-state index contributed by atoms with van der Waals surface area (Å²) in [4.78, 5) is 16.5. The number of pyridine rings is 1. The van der Waals surface area contributed by atoms with Crippen LogP contribution in [0.5, 0.6) is 5.88 Å². The van der Waals surface area contributed by atoms with Crippen molar-refractivity contribution in [1.82, 2.24) is 9.88 Å². The van der Waals surface area contributed by atoms with Gasteiger partial charge in [-0.1, -0.05) is 0 Å². The second-order valence-corrected chi connectivity index (χ2v) is 5.21. The van der Waals surface area contributed by atoms with E-state index in [9.17, 15) is 10.1 Å². The van der Waals surface area contributed by atoms with Gasteiger partial charge in [0.2, 0.25) is 0 Å². The third-order valence-corrected chi connectivity index (χ3v) is 3.28. The molecule has 0 aliphatic heterocycles. The highest BCUT2D eigenvalue weighted by Gasteiger charge is 2.26. The van der Waals surface area contributed by atoms with E-state index in [0.717, 1.165) is 6.54 Å². The van der Waals surface area contributed by atoms with Crippen molar-refractivity contribution in [3.8, 4) is 5.88 Å². The average Bonchev–Trinajstić information content (AvgIpc) is 3.14. The molecule has 0 saturated heterocycles. The van der Waals surface area contributed by atoms with Crippen molar-refractivity contribution in [1.29, 1.82) is 0 Å². The summed E-state index contributed by atoms with van der Waals surface area (Å²) in [6, 6.07) is 2.05. The van der Waals surface area contributed by atoms with Crippen LogP contribution in [0.15, 0.2) is 16.7 Å². The lowest BCUT2D eigenvalue weighted by Gasteiger charge is -2.15. The van der Waals surface area contributed by atoms with Gasteiger partial charge in [0.25, 0.3) is 5.88 Å². The zero-order valence-corrected chi connectivity index (χ0v) is 11.6. The van der Waals surface area contributed by atoms with Crippen LogP contribution < -0.4 is 4.74 Å². The molecule has 0 atom stereocenters. The van der Waals surface area contributed by atoms with Crippen molar-refractivity contribution in [2.45, 2.75) is 18.9 Å². The first-order chi connectivity index (χ1) is 8.58. The zero-order chi connectivity index (χ0) is 13.1. The molecule has 6 nitrogen and oxygen atoms in total. The lowest BCUT2D eigenvalue weighted by Crippen LogP contribution is -2.26. The molecule has 1 heterocycles. The maximum atomic E-state index is 10.8. The van der Waals surface area contributed by atoms with Crippen molar-refractivity contribution in [3.05, 3.63) is 26.9 Å². The van der Waals surface area contributed by atoms with Gasteiger partial charge in [-0.3, -0.25) is 10.1 Å². The maximum Gasteiger partial charge on any atom is 0.332 e. The number of hydrogen-bond donors (Lipinski definition) is 0. The van der Waals surface area contributed by atoms with Crippen LogP contribution in [0.4, 0.5) is 5.69 Å². The molecule has 0 radical (unpaired) electrons. The second-order valence-electron chi connectivity index (χ2n) is 4.30. The van der Waals surface area contributed by atoms with E-state index >= 15 is 0 Å². The first-order valence-electron chi connectivity index (χ1n) is 5.71. The van der Waals surface area contributed by atoms with Crippen LogP contribution >= 0.6 is 15.9 Å². The molecule has 1 fully saturated rings. The fourth-order valence-corrected chi connectivity index (χ4v) is 1.96. The minimum atomic E-state index is -0.488. The molecule has 0 bridgehead atoms. The Labute approximate surface area is 113 Å². The first kappa shape index (κ1) is 13.2. The molecule has 2 rings (SSSR count). The molecule has 0 unspecified atom stereocenters. The molecule has 7 heteroatoms. The largest absolute Gasteiger partial charge is 0.471 e. The maximum absolute atomic E-state index is 10.8. The minimum absolute atomic E-state index is 0.0763. The van der Waals surface area contributed by atoms with E-state index in [0.29, 0.717) is 17.1 Å². The Morgan fingerprint density at radius 1 is 1.67 bits per heavy atom. The third-order valence-electron chi connectivity index (χ3n) is 2.85. The van der Waals surface area contributed by atoms with E-state index in [1.165, 1.54) is 25.1 Å². The average molecular weight is 316 g/mol. The molecule has 1 aliphatic rings. The topological polar surface area (TPSA) is 68.5 Å². The Hall–Kier alpha value is -1.21. The van der Waals surface area contributed by atoms with Crippen molar-refractivity contribution < 1.29 is 9.66 Å². The van der Waals surface area contributed by atoms with E-state index in [-0.39, 0.29) is 11.6 Å². The quantitative estimate of drug-likeness (QED) is 0.594. The summed E-state index contributed by atoms with van der Waals surface area (Å²) >= 11 is 3.15. The SMILES string of the molecule is CN(CCOc1ncc(Br)cc1[N+](=O)[O-])C1CC1. The highest BCUT2D eigenvalue weighted by Crippen LogP contribution is 2.28. The summed E-state index contributed by atoms with van der Waals surface area (Å²) in [5.74, 6) is 0.0763. The monoisotopic (exact) mass is 315 g/mol. The van der Waals surface area contributed by atoms with Gasteiger partial charge in [0.15, 0.2) is 0 Å². The lowest BCUT2D eigenvalue weighted by atomic mass is 10.4. The minimum Gasteiger partial charge on any atom is -0.471 e.